The van der Waals surface area contributed by atoms with Gasteiger partial charge in [0.05, 0.1) is 25.6 Å². The first-order valence-electron chi connectivity index (χ1n) is 9.89. The molecule has 146 valence electrons. The van der Waals surface area contributed by atoms with Gasteiger partial charge in [0.1, 0.15) is 5.75 Å². The van der Waals surface area contributed by atoms with Crippen molar-refractivity contribution in [1.82, 2.24) is 20.0 Å². The molecule has 0 aliphatic carbocycles. The fourth-order valence-corrected chi connectivity index (χ4v) is 4.57. The van der Waals surface area contributed by atoms with E-state index in [0.717, 1.165) is 49.2 Å². The minimum absolute atomic E-state index is 0.648. The van der Waals surface area contributed by atoms with Crippen LogP contribution in [-0.2, 0) is 11.3 Å². The third kappa shape index (κ3) is 4.18. The molecule has 6 nitrogen and oxygen atoms in total. The number of fused-ring (bicyclic) bond motifs is 4. The summed E-state index contributed by atoms with van der Waals surface area (Å²) >= 11 is 0. The van der Waals surface area contributed by atoms with Crippen molar-refractivity contribution < 1.29 is 9.47 Å². The molecule has 0 spiro atoms. The van der Waals surface area contributed by atoms with Crippen LogP contribution in [0.15, 0.2) is 30.5 Å². The molecule has 3 aliphatic rings. The minimum atomic E-state index is 0.648. The number of H-pyrrole nitrogens is 1. The van der Waals surface area contributed by atoms with E-state index in [2.05, 4.69) is 32.1 Å². The zero-order chi connectivity index (χ0) is 18.6. The number of rotatable bonds is 7. The summed E-state index contributed by atoms with van der Waals surface area (Å²) < 4.78 is 10.6. The van der Waals surface area contributed by atoms with Gasteiger partial charge in [-0.15, -0.1) is 0 Å². The van der Waals surface area contributed by atoms with Gasteiger partial charge in [-0.05, 0) is 43.0 Å². The van der Waals surface area contributed by atoms with E-state index in [1.165, 1.54) is 31.5 Å². The Balaban J connectivity index is 1.46. The Morgan fingerprint density at radius 1 is 1.11 bits per heavy atom. The number of methoxy groups -OCH3 is 2. The summed E-state index contributed by atoms with van der Waals surface area (Å²) in [6, 6.07) is 8.83. The lowest BCUT2D eigenvalue weighted by Gasteiger charge is -2.35. The maximum Gasteiger partial charge on any atom is 0.118 e. The van der Waals surface area contributed by atoms with Crippen LogP contribution >= 0.6 is 0 Å². The van der Waals surface area contributed by atoms with Crippen molar-refractivity contribution in [3.8, 4) is 17.0 Å². The summed E-state index contributed by atoms with van der Waals surface area (Å²) in [6.07, 6.45) is 4.64. The zero-order valence-electron chi connectivity index (χ0n) is 16.4. The maximum atomic E-state index is 5.31. The lowest BCUT2D eigenvalue weighted by molar-refractivity contribution is 0.0867. The second-order valence-corrected chi connectivity index (χ2v) is 7.78. The second-order valence-electron chi connectivity index (χ2n) is 7.78. The summed E-state index contributed by atoms with van der Waals surface area (Å²) in [6.45, 7) is 6.34. The maximum absolute atomic E-state index is 5.31. The van der Waals surface area contributed by atoms with E-state index in [1.54, 1.807) is 14.2 Å². The summed E-state index contributed by atoms with van der Waals surface area (Å²) in [5.41, 5.74) is 3.54. The minimum Gasteiger partial charge on any atom is -0.497 e. The van der Waals surface area contributed by atoms with E-state index < -0.39 is 0 Å². The Labute approximate surface area is 161 Å². The highest BCUT2D eigenvalue weighted by Crippen LogP contribution is 2.30. The molecule has 6 heteroatoms. The highest BCUT2D eigenvalue weighted by Gasteiger charge is 2.34. The molecule has 2 aromatic rings. The molecular formula is C21H30N4O2. The molecule has 2 atom stereocenters. The smallest absolute Gasteiger partial charge is 0.118 e. The molecule has 0 unspecified atom stereocenters. The molecule has 5 rings (SSSR count). The van der Waals surface area contributed by atoms with Gasteiger partial charge in [0.15, 0.2) is 0 Å². The summed E-state index contributed by atoms with van der Waals surface area (Å²) in [7, 11) is 3.49. The number of nitrogens with zero attached hydrogens (tertiary/aromatic N) is 3. The SMILES string of the molecule is COCCN1C[C@H]2CC[C@@H]1CN(Cc1cn[nH]c1-c1ccc(OC)cc1)C2. The van der Waals surface area contributed by atoms with Crippen LogP contribution in [-0.4, -0.2) is 73.0 Å². The molecule has 0 saturated carbocycles. The van der Waals surface area contributed by atoms with Gasteiger partial charge in [-0.25, -0.2) is 0 Å². The fourth-order valence-electron chi connectivity index (χ4n) is 4.57. The van der Waals surface area contributed by atoms with Gasteiger partial charge in [0, 0.05) is 57.0 Å². The van der Waals surface area contributed by atoms with E-state index in [-0.39, 0.29) is 0 Å². The summed E-state index contributed by atoms with van der Waals surface area (Å²) in [5.74, 6) is 1.64. The predicted molar refractivity (Wildman–Crippen MR) is 106 cm³/mol. The number of nitrogens with one attached hydrogen (secondary N) is 1. The predicted octanol–water partition coefficient (Wildman–Crippen LogP) is 2.63. The van der Waals surface area contributed by atoms with Crippen LogP contribution in [0.4, 0.5) is 0 Å². The highest BCUT2D eigenvalue weighted by molar-refractivity contribution is 5.63. The number of aromatic nitrogens is 2. The first kappa shape index (κ1) is 18.5. The standard InChI is InChI=1S/C21H30N4O2/c1-26-10-9-25-13-16-3-6-19(25)15-24(12-16)14-18-11-22-23-21(18)17-4-7-20(27-2)8-5-17/h4-5,7-8,11,16,19H,3,6,9-10,12-15H2,1-2H3,(H,22,23)/t16-,19+/m0/s1. The number of ether oxygens (including phenoxy) is 2. The Morgan fingerprint density at radius 3 is 2.74 bits per heavy atom. The monoisotopic (exact) mass is 370 g/mol. The average molecular weight is 370 g/mol. The van der Waals surface area contributed by atoms with Crippen LogP contribution in [0, 0.1) is 5.92 Å². The Bertz CT molecular complexity index is 730. The van der Waals surface area contributed by atoms with Crippen LogP contribution in [0.25, 0.3) is 11.3 Å². The van der Waals surface area contributed by atoms with Crippen LogP contribution in [0.2, 0.25) is 0 Å². The second kappa shape index (κ2) is 8.42. The van der Waals surface area contributed by atoms with Crippen LogP contribution < -0.4 is 4.74 Å². The van der Waals surface area contributed by atoms with Crippen LogP contribution in [0.5, 0.6) is 5.75 Å². The largest absolute Gasteiger partial charge is 0.497 e. The van der Waals surface area contributed by atoms with Crippen molar-refractivity contribution in [1.29, 1.82) is 0 Å². The van der Waals surface area contributed by atoms with Crippen molar-refractivity contribution >= 4 is 0 Å². The first-order valence-corrected chi connectivity index (χ1v) is 9.89. The quantitative estimate of drug-likeness (QED) is 0.812. The van der Waals surface area contributed by atoms with E-state index in [1.807, 2.05) is 18.3 Å². The van der Waals surface area contributed by atoms with E-state index in [0.29, 0.717) is 6.04 Å². The van der Waals surface area contributed by atoms with Crippen LogP contribution in [0.1, 0.15) is 18.4 Å². The molecule has 27 heavy (non-hydrogen) atoms. The zero-order valence-corrected chi connectivity index (χ0v) is 16.4. The molecule has 1 aromatic heterocycles. The third-order valence-corrected chi connectivity index (χ3v) is 5.98. The molecule has 4 heterocycles. The molecule has 2 bridgehead atoms. The van der Waals surface area contributed by atoms with Crippen molar-refractivity contribution in [3.63, 3.8) is 0 Å². The normalized spacial score (nSPS) is 23.5. The third-order valence-electron chi connectivity index (χ3n) is 5.98. The number of piperidine rings is 1. The molecule has 0 amide bonds. The van der Waals surface area contributed by atoms with Crippen molar-refractivity contribution in [2.45, 2.75) is 25.4 Å². The lowest BCUT2D eigenvalue weighted by Crippen LogP contribution is -2.45. The number of hydrogen-bond donors (Lipinski definition) is 1. The van der Waals surface area contributed by atoms with Gasteiger partial charge < -0.3 is 9.47 Å². The fraction of sp³-hybridized carbons (Fsp3) is 0.571. The molecule has 0 radical (unpaired) electrons. The topological polar surface area (TPSA) is 53.6 Å². The first-order chi connectivity index (χ1) is 13.3. The molecule has 1 aromatic carbocycles. The van der Waals surface area contributed by atoms with Crippen molar-refractivity contribution in [2.75, 3.05) is 47.0 Å². The van der Waals surface area contributed by atoms with Crippen molar-refractivity contribution in [2.24, 2.45) is 5.92 Å². The highest BCUT2D eigenvalue weighted by atomic mass is 16.5. The van der Waals surface area contributed by atoms with Gasteiger partial charge in [-0.2, -0.15) is 5.10 Å². The molecule has 3 fully saturated rings. The number of benzene rings is 1. The van der Waals surface area contributed by atoms with Gasteiger partial charge in [-0.1, -0.05) is 0 Å². The van der Waals surface area contributed by atoms with E-state index in [4.69, 9.17) is 9.47 Å². The number of hydrogen-bond acceptors (Lipinski definition) is 5. The van der Waals surface area contributed by atoms with Crippen molar-refractivity contribution in [3.05, 3.63) is 36.0 Å². The van der Waals surface area contributed by atoms with E-state index >= 15 is 0 Å². The Morgan fingerprint density at radius 2 is 1.96 bits per heavy atom. The summed E-state index contributed by atoms with van der Waals surface area (Å²) in [5, 5.41) is 7.52. The molecule has 1 N–H and O–H groups in total. The molecular weight excluding hydrogens is 340 g/mol. The van der Waals surface area contributed by atoms with Gasteiger partial charge in [-0.3, -0.25) is 14.9 Å². The Kier molecular flexibility index (Phi) is 5.76. The molecule has 3 saturated heterocycles. The summed E-state index contributed by atoms with van der Waals surface area (Å²) in [4.78, 5) is 5.25. The van der Waals surface area contributed by atoms with Crippen LogP contribution in [0.3, 0.4) is 0 Å². The lowest BCUT2D eigenvalue weighted by atomic mass is 9.95. The van der Waals surface area contributed by atoms with E-state index in [9.17, 15) is 0 Å². The van der Waals surface area contributed by atoms with Gasteiger partial charge >= 0.3 is 0 Å². The molecule has 3 aliphatic heterocycles. The van der Waals surface area contributed by atoms with Gasteiger partial charge in [0.2, 0.25) is 0 Å². The van der Waals surface area contributed by atoms with Gasteiger partial charge in [0.25, 0.3) is 0 Å². The number of aromatic amines is 1. The Hall–Kier alpha value is -1.89. The average Bonchev–Trinajstić information content (AvgIpc) is 2.98.